The molecule has 2 aromatic carbocycles. The maximum absolute atomic E-state index is 13.4. The van der Waals surface area contributed by atoms with Gasteiger partial charge in [0.05, 0.1) is 0 Å². The molecule has 1 saturated heterocycles. The Balaban J connectivity index is 1.77. The van der Waals surface area contributed by atoms with Gasteiger partial charge in [0.2, 0.25) is 17.7 Å². The second-order valence-corrected chi connectivity index (χ2v) is 8.81. The molecule has 0 aromatic heterocycles. The molecule has 2 aliphatic heterocycles. The first-order valence-corrected chi connectivity index (χ1v) is 10.1. The van der Waals surface area contributed by atoms with Crippen molar-refractivity contribution < 1.29 is 14.4 Å². The van der Waals surface area contributed by atoms with Crippen molar-refractivity contribution in [3.8, 4) is 0 Å². The predicted molar refractivity (Wildman–Crippen MR) is 111 cm³/mol. The van der Waals surface area contributed by atoms with Crippen LogP contribution in [-0.2, 0) is 19.8 Å². The lowest BCUT2D eigenvalue weighted by molar-refractivity contribution is -0.142. The highest BCUT2D eigenvalue weighted by Crippen LogP contribution is 2.50. The minimum Gasteiger partial charge on any atom is -0.305 e. The van der Waals surface area contributed by atoms with Crippen LogP contribution in [0.15, 0.2) is 54.6 Å². The van der Waals surface area contributed by atoms with E-state index in [1.54, 1.807) is 4.90 Å². The van der Waals surface area contributed by atoms with E-state index in [0.717, 1.165) is 22.6 Å². The average molecular weight is 390 g/mol. The number of carbonyl (C=O) groups is 3. The van der Waals surface area contributed by atoms with E-state index >= 15 is 0 Å². The highest BCUT2D eigenvalue weighted by atomic mass is 16.2. The quantitative estimate of drug-likeness (QED) is 0.752. The van der Waals surface area contributed by atoms with Crippen LogP contribution < -0.4 is 4.90 Å². The minimum atomic E-state index is -0.484. The van der Waals surface area contributed by atoms with E-state index in [1.807, 2.05) is 36.4 Å². The Morgan fingerprint density at radius 3 is 2.14 bits per heavy atom. The van der Waals surface area contributed by atoms with Gasteiger partial charge < -0.3 is 4.90 Å². The minimum absolute atomic E-state index is 0.193. The van der Waals surface area contributed by atoms with Crippen LogP contribution in [0.25, 0.3) is 0 Å². The van der Waals surface area contributed by atoms with Crippen molar-refractivity contribution in [2.45, 2.75) is 51.0 Å². The normalized spacial score (nSPS) is 23.3. The van der Waals surface area contributed by atoms with Gasteiger partial charge in [0.1, 0.15) is 6.54 Å². The third-order valence-corrected chi connectivity index (χ3v) is 6.24. The van der Waals surface area contributed by atoms with Crippen LogP contribution >= 0.6 is 0 Å². The third kappa shape index (κ3) is 3.15. The van der Waals surface area contributed by atoms with E-state index < -0.39 is 5.54 Å². The van der Waals surface area contributed by atoms with Gasteiger partial charge in [-0.15, -0.1) is 0 Å². The van der Waals surface area contributed by atoms with Crippen molar-refractivity contribution >= 4 is 23.4 Å². The van der Waals surface area contributed by atoms with E-state index in [2.05, 4.69) is 39.0 Å². The number of likely N-dealkylation sites (tertiary alicyclic amines) is 1. The lowest BCUT2D eigenvalue weighted by Gasteiger charge is -2.51. The molecule has 0 bridgehead atoms. The molecule has 5 heteroatoms. The highest BCUT2D eigenvalue weighted by molar-refractivity contribution is 6.07. The number of benzene rings is 2. The van der Waals surface area contributed by atoms with Crippen LogP contribution in [0.1, 0.15) is 51.2 Å². The molecule has 0 spiro atoms. The summed E-state index contributed by atoms with van der Waals surface area (Å²) in [4.78, 5) is 40.3. The molecular formula is C24H26N2O3. The summed E-state index contributed by atoms with van der Waals surface area (Å²) >= 11 is 0. The molecule has 2 aromatic rings. The molecule has 0 radical (unpaired) electrons. The van der Waals surface area contributed by atoms with Gasteiger partial charge >= 0.3 is 0 Å². The van der Waals surface area contributed by atoms with Crippen molar-refractivity contribution in [2.75, 3.05) is 11.4 Å². The van der Waals surface area contributed by atoms with Gasteiger partial charge in [0.15, 0.2) is 0 Å². The zero-order valence-electron chi connectivity index (χ0n) is 17.1. The van der Waals surface area contributed by atoms with Gasteiger partial charge in [-0.05, 0) is 37.5 Å². The lowest BCUT2D eigenvalue weighted by Crippen LogP contribution is -2.58. The molecular weight excluding hydrogens is 364 g/mol. The van der Waals surface area contributed by atoms with Crippen molar-refractivity contribution in [2.24, 2.45) is 0 Å². The molecule has 1 fully saturated rings. The van der Waals surface area contributed by atoms with Gasteiger partial charge in [-0.3, -0.25) is 19.3 Å². The largest absolute Gasteiger partial charge is 0.305 e. The van der Waals surface area contributed by atoms with Crippen LogP contribution in [0, 0.1) is 0 Å². The topological polar surface area (TPSA) is 57.7 Å². The number of hydrogen-bond donors (Lipinski definition) is 0. The standard InChI is InChI=1S/C24H26N2O3/c1-23(2)16-24(3,17-9-5-4-6-10-17)18-11-7-8-12-19(18)26(23)22(29)15-25-20(27)13-14-21(25)28/h4-12H,13-16H2,1-3H3/t24-/m1/s1. The highest BCUT2D eigenvalue weighted by Gasteiger charge is 2.48. The van der Waals surface area contributed by atoms with Crippen LogP contribution in [0.4, 0.5) is 5.69 Å². The predicted octanol–water partition coefficient (Wildman–Crippen LogP) is 3.66. The van der Waals surface area contributed by atoms with Crippen molar-refractivity contribution in [3.05, 3.63) is 65.7 Å². The van der Waals surface area contributed by atoms with Gasteiger partial charge in [-0.1, -0.05) is 55.5 Å². The molecule has 2 aliphatic rings. The molecule has 2 heterocycles. The van der Waals surface area contributed by atoms with Gasteiger partial charge in [-0.25, -0.2) is 0 Å². The van der Waals surface area contributed by atoms with Crippen LogP contribution in [-0.4, -0.2) is 34.7 Å². The molecule has 0 unspecified atom stereocenters. The summed E-state index contributed by atoms with van der Waals surface area (Å²) in [5, 5.41) is 0. The second kappa shape index (κ2) is 6.83. The Kier molecular flexibility index (Phi) is 4.56. The summed E-state index contributed by atoms with van der Waals surface area (Å²) in [6.07, 6.45) is 1.12. The van der Waals surface area contributed by atoms with E-state index in [0.29, 0.717) is 0 Å². The molecule has 3 amide bonds. The van der Waals surface area contributed by atoms with Crippen LogP contribution in [0.3, 0.4) is 0 Å². The summed E-state index contributed by atoms with van der Waals surface area (Å²) in [5.41, 5.74) is 2.40. The Morgan fingerprint density at radius 1 is 0.897 bits per heavy atom. The summed E-state index contributed by atoms with van der Waals surface area (Å²) in [6, 6.07) is 18.3. The molecule has 4 rings (SSSR count). The first kappa shape index (κ1) is 19.4. The fourth-order valence-electron chi connectivity index (χ4n) is 5.04. The zero-order valence-corrected chi connectivity index (χ0v) is 17.1. The molecule has 150 valence electrons. The summed E-state index contributed by atoms with van der Waals surface area (Å²) in [5.74, 6) is -0.748. The number of hydrogen-bond acceptors (Lipinski definition) is 3. The maximum atomic E-state index is 13.4. The summed E-state index contributed by atoms with van der Waals surface area (Å²) < 4.78 is 0. The number of anilines is 1. The van der Waals surface area contributed by atoms with Crippen LogP contribution in [0.5, 0.6) is 0 Å². The van der Waals surface area contributed by atoms with E-state index in [9.17, 15) is 14.4 Å². The Bertz CT molecular complexity index is 967. The Hall–Kier alpha value is -2.95. The first-order valence-electron chi connectivity index (χ1n) is 10.1. The number of fused-ring (bicyclic) bond motifs is 1. The molecule has 5 nitrogen and oxygen atoms in total. The van der Waals surface area contributed by atoms with Crippen LogP contribution in [0.2, 0.25) is 0 Å². The lowest BCUT2D eigenvalue weighted by atomic mass is 9.65. The fraction of sp³-hybridized carbons (Fsp3) is 0.375. The van der Waals surface area contributed by atoms with Crippen molar-refractivity contribution in [1.29, 1.82) is 0 Å². The van der Waals surface area contributed by atoms with E-state index in [-0.39, 0.29) is 42.5 Å². The number of carbonyl (C=O) groups excluding carboxylic acids is 3. The number of nitrogens with zero attached hydrogens (tertiary/aromatic N) is 2. The SMILES string of the molecule is CC1(C)C[C@](C)(c2ccccc2)c2ccccc2N1C(=O)CN1C(=O)CCC1=O. The zero-order chi connectivity index (χ0) is 20.8. The summed E-state index contributed by atoms with van der Waals surface area (Å²) in [6.45, 7) is 6.13. The number of rotatable bonds is 3. The molecule has 1 atom stereocenters. The Labute approximate surface area is 171 Å². The second-order valence-electron chi connectivity index (χ2n) is 8.81. The van der Waals surface area contributed by atoms with E-state index in [4.69, 9.17) is 0 Å². The smallest absolute Gasteiger partial charge is 0.247 e. The molecule has 0 aliphatic carbocycles. The summed E-state index contributed by atoms with van der Waals surface area (Å²) in [7, 11) is 0. The molecule has 0 N–H and O–H groups in total. The van der Waals surface area contributed by atoms with E-state index in [1.165, 1.54) is 5.56 Å². The fourth-order valence-corrected chi connectivity index (χ4v) is 5.04. The third-order valence-electron chi connectivity index (χ3n) is 6.24. The molecule has 0 saturated carbocycles. The van der Waals surface area contributed by atoms with Gasteiger partial charge in [0, 0.05) is 29.5 Å². The van der Waals surface area contributed by atoms with Gasteiger partial charge in [-0.2, -0.15) is 0 Å². The average Bonchev–Trinajstić information content (AvgIpc) is 3.00. The number of imide groups is 1. The molecule has 29 heavy (non-hydrogen) atoms. The maximum Gasteiger partial charge on any atom is 0.247 e. The number of para-hydroxylation sites is 1. The van der Waals surface area contributed by atoms with Gasteiger partial charge in [0.25, 0.3) is 0 Å². The number of amides is 3. The first-order chi connectivity index (χ1) is 13.7. The van der Waals surface area contributed by atoms with Crippen molar-refractivity contribution in [1.82, 2.24) is 4.90 Å². The van der Waals surface area contributed by atoms with Crippen molar-refractivity contribution in [3.63, 3.8) is 0 Å². The monoisotopic (exact) mass is 390 g/mol. The Morgan fingerprint density at radius 2 is 1.48 bits per heavy atom.